The van der Waals surface area contributed by atoms with Crippen molar-refractivity contribution in [3.63, 3.8) is 0 Å². The van der Waals surface area contributed by atoms with Gasteiger partial charge in [-0.05, 0) is 64.0 Å². The summed E-state index contributed by atoms with van der Waals surface area (Å²) >= 11 is 1.40. The molecule has 1 N–H and O–H groups in total. The first-order chi connectivity index (χ1) is 15.4. The summed E-state index contributed by atoms with van der Waals surface area (Å²) in [5.74, 6) is 0.708. The molecule has 3 heterocycles. The zero-order chi connectivity index (χ0) is 22.5. The number of nitrogens with one attached hydrogen (secondary N) is 1. The van der Waals surface area contributed by atoms with Crippen molar-refractivity contribution in [2.75, 3.05) is 19.7 Å². The number of ether oxygens (including phenoxy) is 1. The maximum atomic E-state index is 12.3. The second-order valence-electron chi connectivity index (χ2n) is 8.81. The Balaban J connectivity index is 1.14. The first kappa shape index (κ1) is 23.1. The number of carbonyl (C=O) groups excluding carboxylic acids is 1. The predicted octanol–water partition coefficient (Wildman–Crippen LogP) is 3.42. The molecule has 2 aromatic rings. The van der Waals surface area contributed by atoms with Crippen molar-refractivity contribution in [3.05, 3.63) is 28.5 Å². The monoisotopic (exact) mass is 467 g/mol. The largest absolute Gasteiger partial charge is 0.464 e. The highest BCUT2D eigenvalue weighted by Gasteiger charge is 2.25. The number of thiazole rings is 1. The fourth-order valence-corrected chi connectivity index (χ4v) is 5.46. The Morgan fingerprint density at radius 3 is 2.88 bits per heavy atom. The third kappa shape index (κ3) is 6.48. The summed E-state index contributed by atoms with van der Waals surface area (Å²) in [6.45, 7) is 4.35. The zero-order valence-corrected chi connectivity index (χ0v) is 19.3. The van der Waals surface area contributed by atoms with E-state index in [0.29, 0.717) is 11.1 Å². The third-order valence-electron chi connectivity index (χ3n) is 6.26. The Labute approximate surface area is 191 Å². The molecule has 1 amide bonds. The fourth-order valence-electron chi connectivity index (χ4n) is 4.55. The van der Waals surface area contributed by atoms with Gasteiger partial charge in [-0.25, -0.2) is 13.8 Å². The SMILES string of the molecule is Cc1ccn(CC(=O)N[C@H]2CC[C@H](CCN3CCc4sc(OCC(F)F)nc4C3)CC2)n1. The van der Waals surface area contributed by atoms with Gasteiger partial charge in [0.1, 0.15) is 6.54 Å². The number of aromatic nitrogens is 3. The van der Waals surface area contributed by atoms with E-state index < -0.39 is 13.0 Å². The van der Waals surface area contributed by atoms with E-state index in [9.17, 15) is 13.6 Å². The van der Waals surface area contributed by atoms with E-state index in [1.54, 1.807) is 4.68 Å². The molecule has 0 unspecified atom stereocenters. The lowest BCUT2D eigenvalue weighted by molar-refractivity contribution is -0.122. The highest BCUT2D eigenvalue weighted by molar-refractivity contribution is 7.13. The van der Waals surface area contributed by atoms with Crippen molar-refractivity contribution in [1.29, 1.82) is 0 Å². The molecule has 0 atom stereocenters. The Kier molecular flexibility index (Phi) is 7.72. The molecule has 0 radical (unpaired) electrons. The van der Waals surface area contributed by atoms with Gasteiger partial charge < -0.3 is 10.1 Å². The number of nitrogens with zero attached hydrogens (tertiary/aromatic N) is 4. The van der Waals surface area contributed by atoms with Gasteiger partial charge in [-0.1, -0.05) is 11.3 Å². The lowest BCUT2D eigenvalue weighted by Crippen LogP contribution is -2.40. The molecule has 2 aromatic heterocycles. The Morgan fingerprint density at radius 2 is 2.16 bits per heavy atom. The molecule has 0 spiro atoms. The van der Waals surface area contributed by atoms with Crippen LogP contribution in [0.25, 0.3) is 0 Å². The number of hydrogen-bond acceptors (Lipinski definition) is 6. The lowest BCUT2D eigenvalue weighted by atomic mass is 9.84. The first-order valence-corrected chi connectivity index (χ1v) is 12.2. The number of aryl methyl sites for hydroxylation is 1. The molecule has 1 saturated carbocycles. The van der Waals surface area contributed by atoms with Gasteiger partial charge in [-0.3, -0.25) is 14.4 Å². The van der Waals surface area contributed by atoms with Crippen LogP contribution < -0.4 is 10.1 Å². The minimum Gasteiger partial charge on any atom is -0.464 e. The Bertz CT molecular complexity index is 895. The van der Waals surface area contributed by atoms with Crippen LogP contribution in [0.4, 0.5) is 8.78 Å². The maximum Gasteiger partial charge on any atom is 0.273 e. The van der Waals surface area contributed by atoms with Crippen LogP contribution in [0.2, 0.25) is 0 Å². The topological polar surface area (TPSA) is 72.3 Å². The summed E-state index contributed by atoms with van der Waals surface area (Å²) < 4.78 is 31.4. The molecule has 7 nitrogen and oxygen atoms in total. The van der Waals surface area contributed by atoms with Crippen molar-refractivity contribution in [2.45, 2.75) is 71.0 Å². The fraction of sp³-hybridized carbons (Fsp3) is 0.682. The van der Waals surface area contributed by atoms with Crippen LogP contribution >= 0.6 is 11.3 Å². The number of hydrogen-bond donors (Lipinski definition) is 1. The summed E-state index contributed by atoms with van der Waals surface area (Å²) in [4.78, 5) is 20.2. The van der Waals surface area contributed by atoms with Crippen LogP contribution in [-0.2, 0) is 24.3 Å². The molecule has 1 aliphatic carbocycles. The normalized spacial score (nSPS) is 21.5. The van der Waals surface area contributed by atoms with Crippen LogP contribution in [-0.4, -0.2) is 57.7 Å². The maximum absolute atomic E-state index is 12.3. The van der Waals surface area contributed by atoms with Crippen LogP contribution in [0.3, 0.4) is 0 Å². The quantitative estimate of drug-likeness (QED) is 0.612. The lowest BCUT2D eigenvalue weighted by Gasteiger charge is -2.32. The van der Waals surface area contributed by atoms with Crippen LogP contribution in [0.15, 0.2) is 12.3 Å². The van der Waals surface area contributed by atoms with Gasteiger partial charge in [-0.2, -0.15) is 5.10 Å². The van der Waals surface area contributed by atoms with E-state index >= 15 is 0 Å². The molecule has 2 aliphatic rings. The van der Waals surface area contributed by atoms with E-state index in [-0.39, 0.29) is 18.5 Å². The van der Waals surface area contributed by atoms with Crippen LogP contribution in [0.5, 0.6) is 5.19 Å². The van der Waals surface area contributed by atoms with E-state index in [0.717, 1.165) is 74.4 Å². The molecule has 176 valence electrons. The van der Waals surface area contributed by atoms with Gasteiger partial charge in [0.05, 0.1) is 11.4 Å². The molecule has 10 heteroatoms. The summed E-state index contributed by atoms with van der Waals surface area (Å²) in [6, 6.07) is 2.16. The minimum atomic E-state index is -2.48. The van der Waals surface area contributed by atoms with Crippen molar-refractivity contribution in [1.82, 2.24) is 25.0 Å². The zero-order valence-electron chi connectivity index (χ0n) is 18.4. The molecular formula is C22H31F2N5O2S. The van der Waals surface area contributed by atoms with E-state index in [2.05, 4.69) is 20.3 Å². The Morgan fingerprint density at radius 1 is 1.34 bits per heavy atom. The van der Waals surface area contributed by atoms with Crippen molar-refractivity contribution in [3.8, 4) is 5.19 Å². The number of rotatable bonds is 9. The summed E-state index contributed by atoms with van der Waals surface area (Å²) in [7, 11) is 0. The van der Waals surface area contributed by atoms with Crippen molar-refractivity contribution < 1.29 is 18.3 Å². The molecule has 0 saturated heterocycles. The molecular weight excluding hydrogens is 436 g/mol. The summed E-state index contributed by atoms with van der Waals surface area (Å²) in [5, 5.41) is 7.78. The molecule has 0 bridgehead atoms. The van der Waals surface area contributed by atoms with E-state index in [4.69, 9.17) is 4.74 Å². The van der Waals surface area contributed by atoms with Gasteiger partial charge >= 0.3 is 0 Å². The molecule has 32 heavy (non-hydrogen) atoms. The molecule has 1 fully saturated rings. The number of fused-ring (bicyclic) bond motifs is 1. The highest BCUT2D eigenvalue weighted by atomic mass is 32.1. The minimum absolute atomic E-state index is 0.0285. The van der Waals surface area contributed by atoms with E-state index in [1.165, 1.54) is 11.3 Å². The number of halogens is 2. The Hall–Kier alpha value is -2.07. The summed E-state index contributed by atoms with van der Waals surface area (Å²) in [5.41, 5.74) is 1.89. The first-order valence-electron chi connectivity index (χ1n) is 11.4. The molecule has 1 aliphatic heterocycles. The third-order valence-corrected chi connectivity index (χ3v) is 7.33. The van der Waals surface area contributed by atoms with Gasteiger partial charge in [0, 0.05) is 30.2 Å². The average Bonchev–Trinajstić information content (AvgIpc) is 3.36. The standard InChI is InChI=1S/C22H31F2N5O2S/c1-15-6-11-29(27-15)13-21(30)25-17-4-2-16(3-5-17)7-9-28-10-8-19-18(12-28)26-22(32-19)31-14-20(23)24/h6,11,16-17,20H,2-5,7-10,12-14H2,1H3,(H,25,30)/t16-,17-. The average molecular weight is 468 g/mol. The number of alkyl halides is 2. The van der Waals surface area contributed by atoms with Gasteiger partial charge in [0.2, 0.25) is 5.91 Å². The highest BCUT2D eigenvalue weighted by Crippen LogP contribution is 2.31. The van der Waals surface area contributed by atoms with Gasteiger partial charge in [0.15, 0.2) is 6.61 Å². The molecule has 0 aromatic carbocycles. The van der Waals surface area contributed by atoms with Crippen LogP contribution in [0.1, 0.15) is 48.4 Å². The van der Waals surface area contributed by atoms with Crippen molar-refractivity contribution >= 4 is 17.2 Å². The van der Waals surface area contributed by atoms with E-state index in [1.807, 2.05) is 19.2 Å². The predicted molar refractivity (Wildman–Crippen MR) is 118 cm³/mol. The second kappa shape index (κ2) is 10.7. The number of carbonyl (C=O) groups is 1. The molecule has 4 rings (SSSR count). The second-order valence-corrected chi connectivity index (χ2v) is 9.85. The van der Waals surface area contributed by atoms with Crippen LogP contribution in [0, 0.1) is 12.8 Å². The smallest absolute Gasteiger partial charge is 0.273 e. The number of amides is 1. The van der Waals surface area contributed by atoms with Gasteiger partial charge in [0.25, 0.3) is 11.6 Å². The van der Waals surface area contributed by atoms with Gasteiger partial charge in [-0.15, -0.1) is 0 Å². The summed E-state index contributed by atoms with van der Waals surface area (Å²) in [6.07, 6.45) is 5.71. The van der Waals surface area contributed by atoms with Crippen molar-refractivity contribution in [2.24, 2.45) is 5.92 Å².